The average molecular weight is 479 g/mol. The summed E-state index contributed by atoms with van der Waals surface area (Å²) in [5.74, 6) is 1.28. The second-order valence-electron chi connectivity index (χ2n) is 8.97. The fourth-order valence-corrected chi connectivity index (χ4v) is 4.23. The molecule has 0 aliphatic carbocycles. The SMILES string of the molecule is CN1CCC(Oc2cnc(-c3cccc(Cn4nc(-c5ccc(C#N)cc5)ccc4=O)c3)nc2)CC1. The molecule has 180 valence electrons. The third-order valence-corrected chi connectivity index (χ3v) is 6.29. The van der Waals surface area contributed by atoms with Gasteiger partial charge in [0.05, 0.1) is 36.3 Å². The molecular formula is C28H26N6O2. The van der Waals surface area contributed by atoms with Crippen molar-refractivity contribution in [3.63, 3.8) is 0 Å². The summed E-state index contributed by atoms with van der Waals surface area (Å²) in [5, 5.41) is 13.5. The third kappa shape index (κ3) is 5.48. The first-order valence-electron chi connectivity index (χ1n) is 11.9. The van der Waals surface area contributed by atoms with E-state index in [1.54, 1.807) is 30.6 Å². The van der Waals surface area contributed by atoms with Crippen molar-refractivity contribution in [3.8, 4) is 34.5 Å². The maximum absolute atomic E-state index is 12.5. The van der Waals surface area contributed by atoms with Crippen LogP contribution in [0.5, 0.6) is 5.75 Å². The Hall–Kier alpha value is -4.35. The molecular weight excluding hydrogens is 452 g/mol. The highest BCUT2D eigenvalue weighted by molar-refractivity contribution is 5.59. The molecule has 3 heterocycles. The van der Waals surface area contributed by atoms with E-state index in [1.165, 1.54) is 10.7 Å². The van der Waals surface area contributed by atoms with Gasteiger partial charge in [-0.2, -0.15) is 10.4 Å². The number of piperidine rings is 1. The summed E-state index contributed by atoms with van der Waals surface area (Å²) < 4.78 is 7.49. The molecule has 0 saturated carbocycles. The molecule has 0 N–H and O–H groups in total. The Kier molecular flexibility index (Phi) is 6.83. The molecule has 5 rings (SSSR count). The van der Waals surface area contributed by atoms with Gasteiger partial charge in [-0.3, -0.25) is 4.79 Å². The monoisotopic (exact) mass is 478 g/mol. The molecule has 1 aliphatic heterocycles. The van der Waals surface area contributed by atoms with Gasteiger partial charge < -0.3 is 9.64 Å². The zero-order chi connectivity index (χ0) is 24.9. The lowest BCUT2D eigenvalue weighted by Gasteiger charge is -2.29. The van der Waals surface area contributed by atoms with Crippen molar-refractivity contribution in [1.82, 2.24) is 24.6 Å². The van der Waals surface area contributed by atoms with Gasteiger partial charge in [0.25, 0.3) is 5.56 Å². The van der Waals surface area contributed by atoms with Crippen LogP contribution in [-0.4, -0.2) is 50.9 Å². The minimum Gasteiger partial charge on any atom is -0.487 e. The van der Waals surface area contributed by atoms with Crippen LogP contribution in [-0.2, 0) is 6.54 Å². The highest BCUT2D eigenvalue weighted by Gasteiger charge is 2.18. The van der Waals surface area contributed by atoms with Crippen molar-refractivity contribution in [2.45, 2.75) is 25.5 Å². The first kappa shape index (κ1) is 23.4. The van der Waals surface area contributed by atoms with Crippen LogP contribution < -0.4 is 10.3 Å². The molecule has 0 unspecified atom stereocenters. The van der Waals surface area contributed by atoms with Crippen molar-refractivity contribution in [1.29, 1.82) is 5.26 Å². The van der Waals surface area contributed by atoms with E-state index in [1.807, 2.05) is 36.4 Å². The Labute approximate surface area is 209 Å². The van der Waals surface area contributed by atoms with Crippen LogP contribution >= 0.6 is 0 Å². The lowest BCUT2D eigenvalue weighted by molar-refractivity contribution is 0.113. The van der Waals surface area contributed by atoms with E-state index < -0.39 is 0 Å². The average Bonchev–Trinajstić information content (AvgIpc) is 2.92. The van der Waals surface area contributed by atoms with Crippen LogP contribution in [0, 0.1) is 11.3 Å². The molecule has 1 fully saturated rings. The van der Waals surface area contributed by atoms with Crippen LogP contribution in [0.25, 0.3) is 22.6 Å². The van der Waals surface area contributed by atoms with Crippen LogP contribution in [0.3, 0.4) is 0 Å². The molecule has 2 aromatic heterocycles. The van der Waals surface area contributed by atoms with Crippen LogP contribution in [0.2, 0.25) is 0 Å². The number of rotatable bonds is 6. The van der Waals surface area contributed by atoms with Crippen molar-refractivity contribution in [2.75, 3.05) is 20.1 Å². The van der Waals surface area contributed by atoms with Crippen molar-refractivity contribution in [3.05, 3.63) is 94.5 Å². The molecule has 0 spiro atoms. The summed E-state index contributed by atoms with van der Waals surface area (Å²) in [6.45, 7) is 2.38. The van der Waals surface area contributed by atoms with Gasteiger partial charge in [-0.1, -0.05) is 30.3 Å². The highest BCUT2D eigenvalue weighted by atomic mass is 16.5. The van der Waals surface area contributed by atoms with Gasteiger partial charge in [-0.05, 0) is 49.7 Å². The molecule has 36 heavy (non-hydrogen) atoms. The van der Waals surface area contributed by atoms with Gasteiger partial charge in [0, 0.05) is 30.3 Å². The zero-order valence-corrected chi connectivity index (χ0v) is 20.0. The van der Waals surface area contributed by atoms with E-state index in [0.717, 1.165) is 42.6 Å². The lowest BCUT2D eigenvalue weighted by atomic mass is 10.1. The molecule has 0 atom stereocenters. The van der Waals surface area contributed by atoms with Gasteiger partial charge >= 0.3 is 0 Å². The summed E-state index contributed by atoms with van der Waals surface area (Å²) in [4.78, 5) is 23.8. The van der Waals surface area contributed by atoms with Gasteiger partial charge in [0.1, 0.15) is 6.10 Å². The molecule has 8 heteroatoms. The lowest BCUT2D eigenvalue weighted by Crippen LogP contribution is -2.35. The van der Waals surface area contributed by atoms with Gasteiger partial charge in [-0.25, -0.2) is 14.6 Å². The Morgan fingerprint density at radius 1 is 1.00 bits per heavy atom. The maximum atomic E-state index is 12.5. The zero-order valence-electron chi connectivity index (χ0n) is 20.0. The Morgan fingerprint density at radius 3 is 2.47 bits per heavy atom. The van der Waals surface area contributed by atoms with Crippen LogP contribution in [0.1, 0.15) is 24.0 Å². The second kappa shape index (κ2) is 10.5. The predicted molar refractivity (Wildman–Crippen MR) is 136 cm³/mol. The number of likely N-dealkylation sites (tertiary alicyclic amines) is 1. The van der Waals surface area contributed by atoms with Crippen molar-refractivity contribution in [2.24, 2.45) is 0 Å². The van der Waals surface area contributed by atoms with E-state index in [2.05, 4.69) is 33.1 Å². The second-order valence-corrected chi connectivity index (χ2v) is 8.97. The molecule has 0 amide bonds. The Bertz CT molecular complexity index is 1430. The number of aromatic nitrogens is 4. The van der Waals surface area contributed by atoms with Crippen molar-refractivity contribution >= 4 is 0 Å². The summed E-state index contributed by atoms with van der Waals surface area (Å²) in [6, 6.07) is 20.2. The van der Waals surface area contributed by atoms with Crippen molar-refractivity contribution < 1.29 is 4.74 Å². The Morgan fingerprint density at radius 2 is 1.75 bits per heavy atom. The van der Waals surface area contributed by atoms with Gasteiger partial charge in [0.2, 0.25) is 0 Å². The fourth-order valence-electron chi connectivity index (χ4n) is 4.23. The number of benzene rings is 2. The van der Waals surface area contributed by atoms with E-state index in [9.17, 15) is 4.79 Å². The molecule has 0 radical (unpaired) electrons. The quantitative estimate of drug-likeness (QED) is 0.416. The minimum atomic E-state index is -0.190. The number of ether oxygens (including phenoxy) is 1. The number of nitriles is 1. The highest BCUT2D eigenvalue weighted by Crippen LogP contribution is 2.21. The van der Waals surface area contributed by atoms with E-state index in [-0.39, 0.29) is 11.7 Å². The molecule has 2 aromatic carbocycles. The standard InChI is InChI=1S/C28H26N6O2/c1-33-13-11-24(12-14-33)36-25-17-30-28(31-18-25)23-4-2-3-21(15-23)19-34-27(35)10-9-26(32-34)22-7-5-20(16-29)6-8-22/h2-10,15,17-18,24H,11-14,19H2,1H3. The summed E-state index contributed by atoms with van der Waals surface area (Å²) in [6.07, 6.45) is 5.64. The van der Waals surface area contributed by atoms with Crippen LogP contribution in [0.15, 0.2) is 77.9 Å². The molecule has 4 aromatic rings. The smallest absolute Gasteiger partial charge is 0.267 e. The predicted octanol–water partition coefficient (Wildman–Crippen LogP) is 3.76. The number of nitrogens with zero attached hydrogens (tertiary/aromatic N) is 6. The minimum absolute atomic E-state index is 0.190. The molecule has 1 saturated heterocycles. The first-order valence-corrected chi connectivity index (χ1v) is 11.9. The topological polar surface area (TPSA) is 96.9 Å². The molecule has 0 bridgehead atoms. The summed E-state index contributed by atoms with van der Waals surface area (Å²) in [5.41, 5.74) is 3.66. The van der Waals surface area contributed by atoms with E-state index in [0.29, 0.717) is 29.4 Å². The largest absolute Gasteiger partial charge is 0.487 e. The molecule has 8 nitrogen and oxygen atoms in total. The maximum Gasteiger partial charge on any atom is 0.267 e. The fraction of sp³-hybridized carbons (Fsp3) is 0.250. The van der Waals surface area contributed by atoms with E-state index in [4.69, 9.17) is 10.00 Å². The number of hydrogen-bond acceptors (Lipinski definition) is 7. The first-order chi connectivity index (χ1) is 17.6. The van der Waals surface area contributed by atoms with Crippen LogP contribution in [0.4, 0.5) is 0 Å². The summed E-state index contributed by atoms with van der Waals surface area (Å²) >= 11 is 0. The van der Waals surface area contributed by atoms with E-state index >= 15 is 0 Å². The van der Waals surface area contributed by atoms with Gasteiger partial charge in [0.15, 0.2) is 11.6 Å². The number of hydrogen-bond donors (Lipinski definition) is 0. The van der Waals surface area contributed by atoms with Gasteiger partial charge in [-0.15, -0.1) is 0 Å². The normalized spacial score (nSPS) is 14.3. The molecule has 1 aliphatic rings. The third-order valence-electron chi connectivity index (χ3n) is 6.29. The Balaban J connectivity index is 1.31. The summed E-state index contributed by atoms with van der Waals surface area (Å²) in [7, 11) is 2.13.